The maximum atomic E-state index is 13.1. The van der Waals surface area contributed by atoms with Gasteiger partial charge in [0, 0.05) is 0 Å². The van der Waals surface area contributed by atoms with E-state index in [4.69, 9.17) is 9.47 Å². The van der Waals surface area contributed by atoms with Crippen molar-refractivity contribution in [2.75, 3.05) is 25.1 Å². The quantitative estimate of drug-likeness (QED) is 0.609. The number of esters is 1. The highest BCUT2D eigenvalue weighted by atomic mass is 32.2. The molecule has 0 aliphatic carbocycles. The van der Waals surface area contributed by atoms with Crippen molar-refractivity contribution in [1.29, 1.82) is 0 Å². The number of rotatable bonds is 9. The van der Waals surface area contributed by atoms with Crippen LogP contribution < -0.4 is 14.8 Å². The fourth-order valence-corrected chi connectivity index (χ4v) is 3.11. The Morgan fingerprint density at radius 3 is 2.57 bits per heavy atom. The molecule has 0 bridgehead atoms. The summed E-state index contributed by atoms with van der Waals surface area (Å²) in [6.45, 7) is 0.890. The van der Waals surface area contributed by atoms with E-state index >= 15 is 0 Å². The van der Waals surface area contributed by atoms with Gasteiger partial charge in [0.25, 0.3) is 5.91 Å². The summed E-state index contributed by atoms with van der Waals surface area (Å²) in [4.78, 5) is 23.3. The van der Waals surface area contributed by atoms with Crippen LogP contribution in [0.4, 0.5) is 10.1 Å². The minimum Gasteiger partial charge on any atom is -0.492 e. The first-order chi connectivity index (χ1) is 13.3. The predicted octanol–water partition coefficient (Wildman–Crippen LogP) is 1.68. The molecule has 0 saturated heterocycles. The minimum absolute atomic E-state index is 0.328. The van der Waals surface area contributed by atoms with Gasteiger partial charge in [0.1, 0.15) is 18.1 Å². The molecule has 8 nitrogen and oxygen atoms in total. The van der Waals surface area contributed by atoms with E-state index in [1.165, 1.54) is 12.1 Å². The Balaban J connectivity index is 1.83. The van der Waals surface area contributed by atoms with E-state index < -0.39 is 40.9 Å². The van der Waals surface area contributed by atoms with Crippen LogP contribution in [0.1, 0.15) is 6.92 Å². The highest BCUT2D eigenvalue weighted by Crippen LogP contribution is 2.23. The number of amides is 1. The molecule has 150 valence electrons. The van der Waals surface area contributed by atoms with Gasteiger partial charge in [-0.3, -0.25) is 9.59 Å². The van der Waals surface area contributed by atoms with Crippen molar-refractivity contribution in [2.45, 2.75) is 11.8 Å². The second-order valence-electron chi connectivity index (χ2n) is 5.42. The molecule has 0 heterocycles. The molecule has 2 aromatic carbocycles. The van der Waals surface area contributed by atoms with Gasteiger partial charge in [0.05, 0.1) is 17.2 Å². The van der Waals surface area contributed by atoms with E-state index in [1.807, 2.05) is 4.72 Å². The van der Waals surface area contributed by atoms with Gasteiger partial charge in [0.2, 0.25) is 10.0 Å². The number of halogens is 1. The van der Waals surface area contributed by atoms with E-state index in [0.717, 1.165) is 12.1 Å². The summed E-state index contributed by atoms with van der Waals surface area (Å²) < 4.78 is 49.2. The van der Waals surface area contributed by atoms with Crippen LogP contribution in [0.25, 0.3) is 0 Å². The molecule has 0 aliphatic rings. The maximum absolute atomic E-state index is 13.1. The van der Waals surface area contributed by atoms with Gasteiger partial charge >= 0.3 is 5.97 Å². The lowest BCUT2D eigenvalue weighted by Crippen LogP contribution is -2.32. The van der Waals surface area contributed by atoms with Crippen LogP contribution in [0, 0.1) is 5.82 Å². The van der Waals surface area contributed by atoms with Gasteiger partial charge in [-0.15, -0.1) is 0 Å². The molecular formula is C18H19FN2O6S. The average Bonchev–Trinajstić information content (AvgIpc) is 2.66. The van der Waals surface area contributed by atoms with Gasteiger partial charge in [-0.25, -0.2) is 12.8 Å². The Hall–Kier alpha value is -2.98. The number of benzene rings is 2. The van der Waals surface area contributed by atoms with Crippen LogP contribution in [0.3, 0.4) is 0 Å². The molecule has 0 fully saturated rings. The molecule has 1 amide bonds. The van der Waals surface area contributed by atoms with Gasteiger partial charge in [-0.1, -0.05) is 18.2 Å². The Morgan fingerprint density at radius 1 is 1.11 bits per heavy atom. The van der Waals surface area contributed by atoms with Crippen molar-refractivity contribution in [2.24, 2.45) is 0 Å². The lowest BCUT2D eigenvalue weighted by molar-refractivity contribution is -0.146. The Labute approximate surface area is 161 Å². The van der Waals surface area contributed by atoms with Crippen molar-refractivity contribution in [1.82, 2.24) is 4.72 Å². The van der Waals surface area contributed by atoms with E-state index in [1.54, 1.807) is 31.2 Å². The SMILES string of the molecule is CCOc1ccccc1NC(=O)COC(=O)CNS(=O)(=O)c1cccc(F)c1. The summed E-state index contributed by atoms with van der Waals surface area (Å²) in [5.41, 5.74) is 0.414. The summed E-state index contributed by atoms with van der Waals surface area (Å²) in [5, 5.41) is 2.53. The Kier molecular flexibility index (Phi) is 7.47. The van der Waals surface area contributed by atoms with Crippen molar-refractivity contribution in [3.63, 3.8) is 0 Å². The van der Waals surface area contributed by atoms with Crippen LogP contribution >= 0.6 is 0 Å². The van der Waals surface area contributed by atoms with Gasteiger partial charge in [0.15, 0.2) is 6.61 Å². The zero-order chi connectivity index (χ0) is 20.6. The number of hydrogen-bond donors (Lipinski definition) is 2. The molecule has 0 spiro atoms. The number of nitrogens with one attached hydrogen (secondary N) is 2. The monoisotopic (exact) mass is 410 g/mol. The van der Waals surface area contributed by atoms with Crippen LogP contribution in [0.2, 0.25) is 0 Å². The van der Waals surface area contributed by atoms with Crippen LogP contribution in [-0.4, -0.2) is 40.1 Å². The number of ether oxygens (including phenoxy) is 2. The largest absolute Gasteiger partial charge is 0.492 e. The fraction of sp³-hybridized carbons (Fsp3) is 0.222. The molecule has 2 rings (SSSR count). The first-order valence-electron chi connectivity index (χ1n) is 8.24. The summed E-state index contributed by atoms with van der Waals surface area (Å²) in [6, 6.07) is 11.1. The zero-order valence-electron chi connectivity index (χ0n) is 15.0. The predicted molar refractivity (Wildman–Crippen MR) is 98.8 cm³/mol. The lowest BCUT2D eigenvalue weighted by Gasteiger charge is -2.11. The molecule has 0 unspecified atom stereocenters. The van der Waals surface area contributed by atoms with E-state index in [0.29, 0.717) is 18.0 Å². The molecule has 0 aliphatic heterocycles. The number of sulfonamides is 1. The highest BCUT2D eigenvalue weighted by Gasteiger charge is 2.17. The Morgan fingerprint density at radius 2 is 1.86 bits per heavy atom. The molecule has 0 radical (unpaired) electrons. The summed E-state index contributed by atoms with van der Waals surface area (Å²) in [5.74, 6) is -1.84. The van der Waals surface area contributed by atoms with Crippen LogP contribution in [-0.2, 0) is 24.3 Å². The third-order valence-corrected chi connectivity index (χ3v) is 4.74. The maximum Gasteiger partial charge on any atom is 0.321 e. The zero-order valence-corrected chi connectivity index (χ0v) is 15.8. The lowest BCUT2D eigenvalue weighted by atomic mass is 10.3. The van der Waals surface area contributed by atoms with E-state index in [-0.39, 0.29) is 4.90 Å². The molecule has 0 saturated carbocycles. The number of para-hydroxylation sites is 2. The molecule has 10 heteroatoms. The van der Waals surface area contributed by atoms with E-state index in [2.05, 4.69) is 5.32 Å². The number of hydrogen-bond acceptors (Lipinski definition) is 6. The van der Waals surface area contributed by atoms with Gasteiger partial charge < -0.3 is 14.8 Å². The summed E-state index contributed by atoms with van der Waals surface area (Å²) in [7, 11) is -4.08. The van der Waals surface area contributed by atoms with Crippen molar-refractivity contribution in [3.05, 3.63) is 54.3 Å². The number of carbonyl (C=O) groups is 2. The third-order valence-electron chi connectivity index (χ3n) is 3.34. The second kappa shape index (κ2) is 9.81. The summed E-state index contributed by atoms with van der Waals surface area (Å²) in [6.07, 6.45) is 0. The molecule has 2 N–H and O–H groups in total. The van der Waals surface area contributed by atoms with Gasteiger partial charge in [-0.05, 0) is 37.3 Å². The molecule has 0 aromatic heterocycles. The average molecular weight is 410 g/mol. The molecule has 28 heavy (non-hydrogen) atoms. The molecule has 0 atom stereocenters. The number of carbonyl (C=O) groups excluding carboxylic acids is 2. The Bertz CT molecular complexity index is 949. The highest BCUT2D eigenvalue weighted by molar-refractivity contribution is 7.89. The topological polar surface area (TPSA) is 111 Å². The molecular weight excluding hydrogens is 391 g/mol. The van der Waals surface area contributed by atoms with Gasteiger partial charge in [-0.2, -0.15) is 4.72 Å². The second-order valence-corrected chi connectivity index (χ2v) is 7.19. The van der Waals surface area contributed by atoms with Crippen molar-refractivity contribution in [3.8, 4) is 5.75 Å². The first-order valence-corrected chi connectivity index (χ1v) is 9.72. The standard InChI is InChI=1S/C18H19FN2O6S/c1-2-26-16-9-4-3-8-15(16)21-17(22)12-27-18(23)11-20-28(24,25)14-7-5-6-13(19)10-14/h3-10,20H,2,11-12H2,1H3,(H,21,22). The fourth-order valence-electron chi connectivity index (χ4n) is 2.11. The minimum atomic E-state index is -4.08. The van der Waals surface area contributed by atoms with Crippen LogP contribution in [0.5, 0.6) is 5.75 Å². The molecule has 2 aromatic rings. The first kappa shape index (κ1) is 21.3. The van der Waals surface area contributed by atoms with E-state index in [9.17, 15) is 22.4 Å². The third kappa shape index (κ3) is 6.32. The normalized spacial score (nSPS) is 10.9. The van der Waals surface area contributed by atoms with Crippen molar-refractivity contribution < 1.29 is 31.9 Å². The number of anilines is 1. The smallest absolute Gasteiger partial charge is 0.321 e. The van der Waals surface area contributed by atoms with Crippen LogP contribution in [0.15, 0.2) is 53.4 Å². The summed E-state index contributed by atoms with van der Waals surface area (Å²) >= 11 is 0. The van der Waals surface area contributed by atoms with Crippen molar-refractivity contribution >= 4 is 27.6 Å².